The first-order valence-electron chi connectivity index (χ1n) is 6.52. The lowest BCUT2D eigenvalue weighted by Gasteiger charge is -2.24. The number of hydrogen-bond donors (Lipinski definition) is 2. The van der Waals surface area contributed by atoms with Gasteiger partial charge >= 0.3 is 0 Å². The zero-order valence-corrected chi connectivity index (χ0v) is 14.6. The summed E-state index contributed by atoms with van der Waals surface area (Å²) in [6.07, 6.45) is -0.732. The predicted molar refractivity (Wildman–Crippen MR) is 92.1 cm³/mol. The largest absolute Gasteiger partial charge is 0.388 e. The molecule has 0 radical (unpaired) electrons. The standard InChI is InChI=1S/C16H16BrCl2NO/c1-9-4-10(6-11(17)5-9)16(21)14(8-20)13-3-2-12(18)7-15(13)19/h2-7,14,16,21H,8,20H2,1H3. The van der Waals surface area contributed by atoms with Crippen molar-refractivity contribution in [3.63, 3.8) is 0 Å². The van der Waals surface area contributed by atoms with Crippen molar-refractivity contribution in [2.75, 3.05) is 6.54 Å². The summed E-state index contributed by atoms with van der Waals surface area (Å²) in [5, 5.41) is 11.8. The van der Waals surface area contributed by atoms with E-state index in [1.54, 1.807) is 12.1 Å². The van der Waals surface area contributed by atoms with Gasteiger partial charge in [-0.25, -0.2) is 0 Å². The van der Waals surface area contributed by atoms with Crippen LogP contribution in [0, 0.1) is 6.92 Å². The van der Waals surface area contributed by atoms with Gasteiger partial charge in [0.05, 0.1) is 6.10 Å². The molecule has 2 unspecified atom stereocenters. The van der Waals surface area contributed by atoms with Crippen LogP contribution in [0.3, 0.4) is 0 Å². The number of benzene rings is 2. The minimum absolute atomic E-state index is 0.286. The van der Waals surface area contributed by atoms with Crippen LogP contribution in [0.5, 0.6) is 0 Å². The molecule has 0 aliphatic rings. The second-order valence-electron chi connectivity index (χ2n) is 5.01. The lowest BCUT2D eigenvalue weighted by atomic mass is 9.88. The summed E-state index contributed by atoms with van der Waals surface area (Å²) in [5.41, 5.74) is 8.54. The molecule has 0 aromatic heterocycles. The lowest BCUT2D eigenvalue weighted by molar-refractivity contribution is 0.147. The number of halogens is 3. The van der Waals surface area contributed by atoms with Crippen molar-refractivity contribution < 1.29 is 5.11 Å². The summed E-state index contributed by atoms with van der Waals surface area (Å²) in [6, 6.07) is 11.1. The normalized spacial score (nSPS) is 14.0. The maximum atomic E-state index is 10.7. The van der Waals surface area contributed by atoms with Crippen LogP contribution >= 0.6 is 39.1 Å². The van der Waals surface area contributed by atoms with E-state index in [9.17, 15) is 5.11 Å². The van der Waals surface area contributed by atoms with Gasteiger partial charge in [-0.1, -0.05) is 51.3 Å². The number of aliphatic hydroxyl groups is 1. The van der Waals surface area contributed by atoms with E-state index in [4.69, 9.17) is 28.9 Å². The molecule has 0 aliphatic heterocycles. The SMILES string of the molecule is Cc1cc(Br)cc(C(O)C(CN)c2ccc(Cl)cc2Cl)c1. The van der Waals surface area contributed by atoms with E-state index >= 15 is 0 Å². The van der Waals surface area contributed by atoms with E-state index in [2.05, 4.69) is 15.9 Å². The Morgan fingerprint density at radius 3 is 2.48 bits per heavy atom. The van der Waals surface area contributed by atoms with E-state index < -0.39 is 6.10 Å². The minimum Gasteiger partial charge on any atom is -0.388 e. The van der Waals surface area contributed by atoms with E-state index in [1.807, 2.05) is 31.2 Å². The monoisotopic (exact) mass is 387 g/mol. The Balaban J connectivity index is 2.40. The van der Waals surface area contributed by atoms with Gasteiger partial charge in [0, 0.05) is 27.0 Å². The first kappa shape index (κ1) is 16.8. The van der Waals surface area contributed by atoms with Gasteiger partial charge in [-0.15, -0.1) is 0 Å². The number of nitrogens with two attached hydrogens (primary N) is 1. The molecule has 0 saturated heterocycles. The third-order valence-corrected chi connectivity index (χ3v) is 4.42. The molecule has 2 aromatic carbocycles. The zero-order valence-electron chi connectivity index (χ0n) is 11.5. The molecule has 0 saturated carbocycles. The van der Waals surface area contributed by atoms with Crippen LogP contribution in [-0.4, -0.2) is 11.7 Å². The third kappa shape index (κ3) is 3.99. The van der Waals surface area contributed by atoms with Crippen molar-refractivity contribution in [3.8, 4) is 0 Å². The third-order valence-electron chi connectivity index (χ3n) is 3.40. The van der Waals surface area contributed by atoms with Crippen molar-refractivity contribution in [2.45, 2.75) is 18.9 Å². The first-order valence-corrected chi connectivity index (χ1v) is 8.07. The Bertz CT molecular complexity index is 628. The highest BCUT2D eigenvalue weighted by molar-refractivity contribution is 9.10. The van der Waals surface area contributed by atoms with Crippen LogP contribution in [0.15, 0.2) is 40.9 Å². The highest BCUT2D eigenvalue weighted by Gasteiger charge is 2.24. The van der Waals surface area contributed by atoms with Gasteiger partial charge in [-0.2, -0.15) is 0 Å². The topological polar surface area (TPSA) is 46.2 Å². The molecule has 0 spiro atoms. The Kier molecular flexibility index (Phi) is 5.69. The van der Waals surface area contributed by atoms with Gasteiger partial charge in [0.2, 0.25) is 0 Å². The van der Waals surface area contributed by atoms with E-state index in [-0.39, 0.29) is 12.5 Å². The van der Waals surface area contributed by atoms with Crippen molar-refractivity contribution in [1.29, 1.82) is 0 Å². The summed E-state index contributed by atoms with van der Waals surface area (Å²) in [7, 11) is 0. The van der Waals surface area contributed by atoms with E-state index in [0.717, 1.165) is 21.2 Å². The summed E-state index contributed by atoms with van der Waals surface area (Å²) < 4.78 is 0.925. The van der Waals surface area contributed by atoms with E-state index in [0.29, 0.717) is 10.0 Å². The van der Waals surface area contributed by atoms with Gasteiger partial charge in [-0.3, -0.25) is 0 Å². The molecular weight excluding hydrogens is 373 g/mol. The highest BCUT2D eigenvalue weighted by Crippen LogP contribution is 2.36. The molecular formula is C16H16BrCl2NO. The maximum absolute atomic E-state index is 10.7. The molecule has 2 nitrogen and oxygen atoms in total. The lowest BCUT2D eigenvalue weighted by Crippen LogP contribution is -2.20. The second-order valence-corrected chi connectivity index (χ2v) is 6.77. The second kappa shape index (κ2) is 7.12. The summed E-state index contributed by atoms with van der Waals surface area (Å²) >= 11 is 15.6. The molecule has 2 rings (SSSR count). The van der Waals surface area contributed by atoms with Gasteiger partial charge in [0.25, 0.3) is 0 Å². The molecule has 2 aromatic rings. The average Bonchev–Trinajstić information content (AvgIpc) is 2.40. The quantitative estimate of drug-likeness (QED) is 0.786. The van der Waals surface area contributed by atoms with Gasteiger partial charge in [0.1, 0.15) is 0 Å². The fourth-order valence-corrected chi connectivity index (χ4v) is 3.57. The molecule has 0 aliphatic carbocycles. The zero-order chi connectivity index (χ0) is 15.6. The van der Waals surface area contributed by atoms with Gasteiger partial charge < -0.3 is 10.8 Å². The van der Waals surface area contributed by atoms with Gasteiger partial charge in [-0.05, 0) is 47.9 Å². The van der Waals surface area contributed by atoms with Crippen LogP contribution in [-0.2, 0) is 0 Å². The van der Waals surface area contributed by atoms with Crippen LogP contribution in [0.2, 0.25) is 10.0 Å². The molecule has 21 heavy (non-hydrogen) atoms. The van der Waals surface area contributed by atoms with Crippen molar-refractivity contribution in [3.05, 3.63) is 67.6 Å². The smallest absolute Gasteiger partial charge is 0.0871 e. The van der Waals surface area contributed by atoms with Crippen molar-refractivity contribution in [2.24, 2.45) is 5.73 Å². The van der Waals surface area contributed by atoms with Crippen LogP contribution in [0.4, 0.5) is 0 Å². The average molecular weight is 389 g/mol. The molecule has 3 N–H and O–H groups in total. The predicted octanol–water partition coefficient (Wildman–Crippen LogP) is 4.84. The fourth-order valence-electron chi connectivity index (χ4n) is 2.40. The Morgan fingerprint density at radius 2 is 1.90 bits per heavy atom. The Morgan fingerprint density at radius 1 is 1.19 bits per heavy atom. The fraction of sp³-hybridized carbons (Fsp3) is 0.250. The summed E-state index contributed by atoms with van der Waals surface area (Å²) in [6.45, 7) is 2.27. The number of hydrogen-bond acceptors (Lipinski definition) is 2. The minimum atomic E-state index is -0.732. The molecule has 112 valence electrons. The maximum Gasteiger partial charge on any atom is 0.0871 e. The van der Waals surface area contributed by atoms with Crippen LogP contribution in [0.1, 0.15) is 28.7 Å². The van der Waals surface area contributed by atoms with Gasteiger partial charge in [0.15, 0.2) is 0 Å². The molecule has 0 heterocycles. The number of rotatable bonds is 4. The first-order chi connectivity index (χ1) is 9.92. The molecule has 0 fully saturated rings. The molecule has 2 atom stereocenters. The summed E-state index contributed by atoms with van der Waals surface area (Å²) in [4.78, 5) is 0. The molecule has 5 heteroatoms. The Labute approximate surface area is 143 Å². The van der Waals surface area contributed by atoms with Crippen LogP contribution < -0.4 is 5.73 Å². The molecule has 0 bridgehead atoms. The number of aliphatic hydroxyl groups excluding tert-OH is 1. The Hall–Kier alpha value is -0.580. The number of aryl methyl sites for hydroxylation is 1. The van der Waals surface area contributed by atoms with Crippen molar-refractivity contribution in [1.82, 2.24) is 0 Å². The van der Waals surface area contributed by atoms with E-state index in [1.165, 1.54) is 0 Å². The summed E-state index contributed by atoms with van der Waals surface area (Å²) in [5.74, 6) is -0.288. The van der Waals surface area contributed by atoms with Crippen LogP contribution in [0.25, 0.3) is 0 Å². The van der Waals surface area contributed by atoms with Crippen molar-refractivity contribution >= 4 is 39.1 Å². The molecule has 0 amide bonds. The highest BCUT2D eigenvalue weighted by atomic mass is 79.9.